The molecule has 98 valence electrons. The van der Waals surface area contributed by atoms with Crippen molar-refractivity contribution in [1.82, 2.24) is 14.8 Å². The molecule has 1 heterocycles. The lowest BCUT2D eigenvalue weighted by Gasteiger charge is -2.21. The van der Waals surface area contributed by atoms with E-state index in [0.717, 1.165) is 18.7 Å². The largest absolute Gasteiger partial charge is 0.390 e. The Morgan fingerprint density at radius 3 is 2.71 bits per heavy atom. The average molecular weight is 241 g/mol. The van der Waals surface area contributed by atoms with E-state index in [1.807, 2.05) is 18.5 Å². The van der Waals surface area contributed by atoms with Gasteiger partial charge in [0, 0.05) is 19.6 Å². The molecule has 2 atom stereocenters. The molecule has 0 amide bonds. The molecule has 0 bridgehead atoms. The SMILES string of the molecule is CCCC(OC)C(O)Cc1ncnn1C(C)C. The molecule has 0 aliphatic heterocycles. The Morgan fingerprint density at radius 1 is 1.47 bits per heavy atom. The van der Waals surface area contributed by atoms with Gasteiger partial charge < -0.3 is 9.84 Å². The summed E-state index contributed by atoms with van der Waals surface area (Å²) in [4.78, 5) is 4.19. The maximum absolute atomic E-state index is 10.1. The number of aliphatic hydroxyl groups excluding tert-OH is 1. The van der Waals surface area contributed by atoms with E-state index in [0.29, 0.717) is 6.42 Å². The molecule has 17 heavy (non-hydrogen) atoms. The molecule has 0 aliphatic carbocycles. The number of rotatable bonds is 7. The minimum Gasteiger partial charge on any atom is -0.390 e. The highest BCUT2D eigenvalue weighted by molar-refractivity contribution is 4.91. The number of ether oxygens (including phenoxy) is 1. The van der Waals surface area contributed by atoms with Gasteiger partial charge in [0.2, 0.25) is 0 Å². The fraction of sp³-hybridized carbons (Fsp3) is 0.833. The lowest BCUT2D eigenvalue weighted by molar-refractivity contribution is -0.0173. The molecular weight excluding hydrogens is 218 g/mol. The third-order valence-electron chi connectivity index (χ3n) is 2.83. The van der Waals surface area contributed by atoms with Crippen molar-refractivity contribution in [2.24, 2.45) is 0 Å². The Hall–Kier alpha value is -0.940. The third-order valence-corrected chi connectivity index (χ3v) is 2.83. The first-order valence-corrected chi connectivity index (χ1v) is 6.19. The summed E-state index contributed by atoms with van der Waals surface area (Å²) in [6, 6.07) is 0.256. The topological polar surface area (TPSA) is 60.2 Å². The van der Waals surface area contributed by atoms with Gasteiger partial charge in [-0.2, -0.15) is 5.10 Å². The van der Waals surface area contributed by atoms with Crippen LogP contribution in [0.15, 0.2) is 6.33 Å². The summed E-state index contributed by atoms with van der Waals surface area (Å²) in [5.41, 5.74) is 0. The Morgan fingerprint density at radius 2 is 2.18 bits per heavy atom. The van der Waals surface area contributed by atoms with E-state index in [2.05, 4.69) is 17.0 Å². The van der Waals surface area contributed by atoms with Crippen molar-refractivity contribution in [3.63, 3.8) is 0 Å². The van der Waals surface area contributed by atoms with Crippen molar-refractivity contribution in [1.29, 1.82) is 0 Å². The molecule has 0 saturated heterocycles. The summed E-state index contributed by atoms with van der Waals surface area (Å²) in [6.45, 7) is 6.17. The maximum atomic E-state index is 10.1. The molecular formula is C12H23N3O2. The van der Waals surface area contributed by atoms with Crippen molar-refractivity contribution in [2.75, 3.05) is 7.11 Å². The first-order valence-electron chi connectivity index (χ1n) is 6.19. The fourth-order valence-electron chi connectivity index (χ4n) is 1.92. The van der Waals surface area contributed by atoms with Crippen LogP contribution >= 0.6 is 0 Å². The van der Waals surface area contributed by atoms with E-state index in [1.54, 1.807) is 7.11 Å². The Balaban J connectivity index is 2.66. The van der Waals surface area contributed by atoms with Crippen LogP contribution in [0.25, 0.3) is 0 Å². The normalized spacial score (nSPS) is 15.2. The lowest BCUT2D eigenvalue weighted by atomic mass is 10.1. The highest BCUT2D eigenvalue weighted by Gasteiger charge is 2.21. The highest BCUT2D eigenvalue weighted by Crippen LogP contribution is 2.13. The van der Waals surface area contributed by atoms with Crippen LogP contribution in [0, 0.1) is 0 Å². The maximum Gasteiger partial charge on any atom is 0.138 e. The van der Waals surface area contributed by atoms with Gasteiger partial charge in [0.15, 0.2) is 0 Å². The van der Waals surface area contributed by atoms with Crippen LogP contribution in [0.5, 0.6) is 0 Å². The number of aliphatic hydroxyl groups is 1. The first-order chi connectivity index (χ1) is 8.10. The zero-order chi connectivity index (χ0) is 12.8. The Bertz CT molecular complexity index is 325. The molecule has 0 aromatic carbocycles. The van der Waals surface area contributed by atoms with Crippen LogP contribution in [0.4, 0.5) is 0 Å². The van der Waals surface area contributed by atoms with E-state index < -0.39 is 6.10 Å². The van der Waals surface area contributed by atoms with E-state index in [4.69, 9.17) is 4.74 Å². The number of hydrogen-bond acceptors (Lipinski definition) is 4. The second-order valence-corrected chi connectivity index (χ2v) is 4.55. The Kier molecular flexibility index (Phi) is 5.58. The Labute approximate surface area is 103 Å². The summed E-state index contributed by atoms with van der Waals surface area (Å²) < 4.78 is 7.13. The van der Waals surface area contributed by atoms with Crippen LogP contribution in [0.2, 0.25) is 0 Å². The molecule has 0 fully saturated rings. The smallest absolute Gasteiger partial charge is 0.138 e. The van der Waals surface area contributed by atoms with Crippen molar-refractivity contribution >= 4 is 0 Å². The molecule has 1 aromatic rings. The molecule has 1 N–H and O–H groups in total. The van der Waals surface area contributed by atoms with E-state index in [9.17, 15) is 5.11 Å². The van der Waals surface area contributed by atoms with Crippen molar-refractivity contribution < 1.29 is 9.84 Å². The van der Waals surface area contributed by atoms with Gasteiger partial charge in [0.1, 0.15) is 12.2 Å². The number of aromatic nitrogens is 3. The van der Waals surface area contributed by atoms with Gasteiger partial charge in [0.25, 0.3) is 0 Å². The lowest BCUT2D eigenvalue weighted by Crippen LogP contribution is -2.31. The minimum absolute atomic E-state index is 0.127. The number of nitrogens with zero attached hydrogens (tertiary/aromatic N) is 3. The molecule has 1 rings (SSSR count). The van der Waals surface area contributed by atoms with Gasteiger partial charge >= 0.3 is 0 Å². The number of hydrogen-bond donors (Lipinski definition) is 1. The van der Waals surface area contributed by atoms with E-state index in [1.165, 1.54) is 6.33 Å². The molecule has 1 aromatic heterocycles. The van der Waals surface area contributed by atoms with Crippen LogP contribution in [-0.2, 0) is 11.2 Å². The van der Waals surface area contributed by atoms with Crippen molar-refractivity contribution in [3.05, 3.63) is 12.2 Å². The predicted octanol–water partition coefficient (Wildman–Crippen LogP) is 1.58. The summed E-state index contributed by atoms with van der Waals surface area (Å²) in [7, 11) is 1.64. The zero-order valence-electron chi connectivity index (χ0n) is 11.1. The molecule has 2 unspecified atom stereocenters. The molecule has 0 spiro atoms. The van der Waals surface area contributed by atoms with E-state index >= 15 is 0 Å². The zero-order valence-corrected chi connectivity index (χ0v) is 11.1. The van der Waals surface area contributed by atoms with Crippen molar-refractivity contribution in [3.8, 4) is 0 Å². The van der Waals surface area contributed by atoms with Gasteiger partial charge in [-0.15, -0.1) is 0 Å². The number of methoxy groups -OCH3 is 1. The van der Waals surface area contributed by atoms with Gasteiger partial charge in [-0.3, -0.25) is 0 Å². The molecule has 0 radical (unpaired) electrons. The predicted molar refractivity (Wildman–Crippen MR) is 65.8 cm³/mol. The summed E-state index contributed by atoms with van der Waals surface area (Å²) in [5.74, 6) is 0.811. The van der Waals surface area contributed by atoms with Crippen LogP contribution < -0.4 is 0 Å². The van der Waals surface area contributed by atoms with Crippen molar-refractivity contribution in [2.45, 2.75) is 58.3 Å². The highest BCUT2D eigenvalue weighted by atomic mass is 16.5. The van der Waals surface area contributed by atoms with Crippen LogP contribution in [0.1, 0.15) is 45.5 Å². The molecule has 0 aliphatic rings. The van der Waals surface area contributed by atoms with Gasteiger partial charge in [-0.25, -0.2) is 9.67 Å². The second kappa shape index (κ2) is 6.71. The second-order valence-electron chi connectivity index (χ2n) is 4.55. The third kappa shape index (κ3) is 3.78. The summed E-state index contributed by atoms with van der Waals surface area (Å²) in [5, 5.41) is 14.3. The summed E-state index contributed by atoms with van der Waals surface area (Å²) >= 11 is 0. The fourth-order valence-corrected chi connectivity index (χ4v) is 1.92. The average Bonchev–Trinajstić information content (AvgIpc) is 2.73. The molecule has 5 heteroatoms. The monoisotopic (exact) mass is 241 g/mol. The van der Waals surface area contributed by atoms with Crippen LogP contribution in [0.3, 0.4) is 0 Å². The minimum atomic E-state index is -0.526. The van der Waals surface area contributed by atoms with Gasteiger partial charge in [0.05, 0.1) is 12.2 Å². The summed E-state index contributed by atoms with van der Waals surface area (Å²) in [6.07, 6.45) is 3.21. The first kappa shape index (κ1) is 14.1. The van der Waals surface area contributed by atoms with Gasteiger partial charge in [-0.05, 0) is 20.3 Å². The standard InChI is InChI=1S/C12H23N3O2/c1-5-6-11(17-4)10(16)7-12-13-8-14-15(12)9(2)3/h8-11,16H,5-7H2,1-4H3. The van der Waals surface area contributed by atoms with E-state index in [-0.39, 0.29) is 12.1 Å². The molecule has 5 nitrogen and oxygen atoms in total. The molecule has 0 saturated carbocycles. The van der Waals surface area contributed by atoms with Gasteiger partial charge in [-0.1, -0.05) is 13.3 Å². The quantitative estimate of drug-likeness (QED) is 0.787. The van der Waals surface area contributed by atoms with Crippen LogP contribution in [-0.4, -0.2) is 39.2 Å².